The monoisotopic (exact) mass is 365 g/mol. The lowest BCUT2D eigenvalue weighted by Gasteiger charge is -2.43. The number of nitrogens with one attached hydrogen (secondary N) is 2. The number of piperidine rings is 1. The van der Waals surface area contributed by atoms with Crippen molar-refractivity contribution in [3.05, 3.63) is 46.7 Å². The van der Waals surface area contributed by atoms with Crippen LogP contribution < -0.4 is 5.32 Å². The molecule has 2 bridgehead atoms. The topological polar surface area (TPSA) is 74.8 Å². The van der Waals surface area contributed by atoms with E-state index in [2.05, 4.69) is 22.4 Å². The predicted molar refractivity (Wildman–Crippen MR) is 92.9 cm³/mol. The molecule has 2 aliphatic heterocycles. The molecule has 0 radical (unpaired) electrons. The molecule has 128 valence electrons. The van der Waals surface area contributed by atoms with Gasteiger partial charge in [-0.25, -0.2) is 8.42 Å². The maximum Gasteiger partial charge on any atom is 0.181 e. The molecule has 5 nitrogen and oxygen atoms in total. The molecule has 4 atom stereocenters. The first-order valence-electron chi connectivity index (χ1n) is 8.29. The molecule has 1 fully saturated rings. The van der Waals surface area contributed by atoms with Gasteiger partial charge >= 0.3 is 0 Å². The van der Waals surface area contributed by atoms with Gasteiger partial charge in [0.05, 0.1) is 16.3 Å². The van der Waals surface area contributed by atoms with Gasteiger partial charge < -0.3 is 5.32 Å². The van der Waals surface area contributed by atoms with Crippen LogP contribution in [-0.4, -0.2) is 29.9 Å². The minimum absolute atomic E-state index is 0.0485. The van der Waals surface area contributed by atoms with E-state index in [0.717, 1.165) is 12.0 Å². The molecule has 0 aliphatic carbocycles. The standard InChI is InChI=1S/C17H20ClN3O2S/c1-2-13-15-7-12(8-16(20-15)14-9-19-21-17(13)14)24(22,23)11-5-3-10(18)4-6-11/h3-6,9,12-13,15-16,20H,2,7-8H2,1H3,(H,19,21). The second-order valence-corrected chi connectivity index (χ2v) is 9.34. The third kappa shape index (κ3) is 2.48. The van der Waals surface area contributed by atoms with Gasteiger partial charge in [-0.05, 0) is 43.5 Å². The zero-order valence-corrected chi connectivity index (χ0v) is 14.9. The van der Waals surface area contributed by atoms with Crippen LogP contribution in [0.1, 0.15) is 49.4 Å². The normalized spacial score (nSPS) is 29.2. The summed E-state index contributed by atoms with van der Waals surface area (Å²) in [5, 5.41) is 11.1. The van der Waals surface area contributed by atoms with Crippen LogP contribution in [0.15, 0.2) is 35.4 Å². The summed E-state index contributed by atoms with van der Waals surface area (Å²) in [5.74, 6) is 0.280. The van der Waals surface area contributed by atoms with E-state index in [1.807, 2.05) is 6.20 Å². The zero-order valence-electron chi connectivity index (χ0n) is 13.4. The van der Waals surface area contributed by atoms with Crippen LogP contribution in [-0.2, 0) is 9.84 Å². The van der Waals surface area contributed by atoms with E-state index in [1.165, 1.54) is 5.69 Å². The average Bonchev–Trinajstić information content (AvgIpc) is 3.05. The highest BCUT2D eigenvalue weighted by molar-refractivity contribution is 7.92. The summed E-state index contributed by atoms with van der Waals surface area (Å²) in [6, 6.07) is 6.70. The fourth-order valence-electron chi connectivity index (χ4n) is 4.17. The Balaban J connectivity index is 1.69. The first kappa shape index (κ1) is 16.1. The lowest BCUT2D eigenvalue weighted by atomic mass is 9.77. The Kier molecular flexibility index (Phi) is 3.94. The molecule has 0 amide bonds. The molecule has 0 spiro atoms. The van der Waals surface area contributed by atoms with Gasteiger partial charge in [0.15, 0.2) is 9.84 Å². The molecular formula is C17H20ClN3O2S. The van der Waals surface area contributed by atoms with E-state index in [4.69, 9.17) is 11.6 Å². The van der Waals surface area contributed by atoms with Crippen molar-refractivity contribution in [3.8, 4) is 0 Å². The van der Waals surface area contributed by atoms with Gasteiger partial charge in [-0.15, -0.1) is 0 Å². The first-order valence-corrected chi connectivity index (χ1v) is 10.2. The maximum absolute atomic E-state index is 13.1. The minimum atomic E-state index is -3.37. The summed E-state index contributed by atoms with van der Waals surface area (Å²) in [6.45, 7) is 2.13. The molecule has 2 N–H and O–H groups in total. The van der Waals surface area contributed by atoms with Gasteiger partial charge in [0.2, 0.25) is 0 Å². The van der Waals surface area contributed by atoms with Crippen molar-refractivity contribution in [2.45, 2.75) is 54.3 Å². The molecule has 1 saturated heterocycles. The van der Waals surface area contributed by atoms with Crippen molar-refractivity contribution in [1.82, 2.24) is 15.5 Å². The lowest BCUT2D eigenvalue weighted by Crippen LogP contribution is -2.51. The van der Waals surface area contributed by atoms with Crippen molar-refractivity contribution in [3.63, 3.8) is 0 Å². The zero-order chi connectivity index (χ0) is 16.9. The summed E-state index contributed by atoms with van der Waals surface area (Å²) >= 11 is 5.89. The molecule has 1 aromatic heterocycles. The number of nitrogens with zero attached hydrogens (tertiary/aromatic N) is 1. The highest BCUT2D eigenvalue weighted by Gasteiger charge is 2.44. The number of sulfone groups is 1. The maximum atomic E-state index is 13.1. The largest absolute Gasteiger partial charge is 0.306 e. The molecule has 2 aromatic rings. The SMILES string of the molecule is CCC1c2[nH]ncc2C2CC(S(=O)(=O)c3ccc(Cl)cc3)CC1N2. The fourth-order valence-corrected chi connectivity index (χ4v) is 6.11. The minimum Gasteiger partial charge on any atom is -0.306 e. The number of fused-ring (bicyclic) bond motifs is 4. The number of aromatic amines is 1. The van der Waals surface area contributed by atoms with Crippen LogP contribution in [0, 0.1) is 0 Å². The Hall–Kier alpha value is -1.37. The van der Waals surface area contributed by atoms with Crippen LogP contribution in [0.2, 0.25) is 5.02 Å². The Morgan fingerprint density at radius 3 is 2.71 bits per heavy atom. The van der Waals surface area contributed by atoms with Gasteiger partial charge in [0.25, 0.3) is 0 Å². The molecular weight excluding hydrogens is 346 g/mol. The van der Waals surface area contributed by atoms with E-state index in [0.29, 0.717) is 22.8 Å². The van der Waals surface area contributed by atoms with Gasteiger partial charge in [0, 0.05) is 34.3 Å². The third-order valence-electron chi connectivity index (χ3n) is 5.38. The summed E-state index contributed by atoms with van der Waals surface area (Å²) in [7, 11) is -3.37. The second kappa shape index (κ2) is 5.86. The van der Waals surface area contributed by atoms with Crippen LogP contribution in [0.3, 0.4) is 0 Å². The lowest BCUT2D eigenvalue weighted by molar-refractivity contribution is 0.259. The highest BCUT2D eigenvalue weighted by Crippen LogP contribution is 2.43. The Labute approximate surface area is 146 Å². The van der Waals surface area contributed by atoms with Crippen molar-refractivity contribution >= 4 is 21.4 Å². The van der Waals surface area contributed by atoms with E-state index in [9.17, 15) is 8.42 Å². The van der Waals surface area contributed by atoms with Gasteiger partial charge in [-0.1, -0.05) is 18.5 Å². The smallest absolute Gasteiger partial charge is 0.181 e. The molecule has 0 saturated carbocycles. The van der Waals surface area contributed by atoms with Crippen molar-refractivity contribution in [2.24, 2.45) is 0 Å². The number of aromatic nitrogens is 2. The van der Waals surface area contributed by atoms with Gasteiger partial charge in [-0.3, -0.25) is 5.10 Å². The summed E-state index contributed by atoms with van der Waals surface area (Å²) < 4.78 is 26.2. The fraction of sp³-hybridized carbons (Fsp3) is 0.471. The van der Waals surface area contributed by atoms with Crippen LogP contribution in [0.25, 0.3) is 0 Å². The van der Waals surface area contributed by atoms with Crippen molar-refractivity contribution < 1.29 is 8.42 Å². The number of H-pyrrole nitrogens is 1. The second-order valence-electron chi connectivity index (χ2n) is 6.67. The van der Waals surface area contributed by atoms with Crippen LogP contribution in [0.4, 0.5) is 0 Å². The van der Waals surface area contributed by atoms with E-state index in [1.54, 1.807) is 24.3 Å². The van der Waals surface area contributed by atoms with Gasteiger partial charge in [-0.2, -0.15) is 5.10 Å². The summed E-state index contributed by atoms with van der Waals surface area (Å²) in [5.41, 5.74) is 2.29. The first-order chi connectivity index (χ1) is 11.5. The van der Waals surface area contributed by atoms with Crippen LogP contribution >= 0.6 is 11.6 Å². The molecule has 3 heterocycles. The quantitative estimate of drug-likeness (QED) is 0.875. The van der Waals surface area contributed by atoms with Crippen molar-refractivity contribution in [2.75, 3.05) is 0 Å². The summed E-state index contributed by atoms with van der Waals surface area (Å²) in [4.78, 5) is 0.359. The number of hydrogen-bond donors (Lipinski definition) is 2. The predicted octanol–water partition coefficient (Wildman–Crippen LogP) is 3.21. The molecule has 1 aromatic carbocycles. The Morgan fingerprint density at radius 1 is 1.25 bits per heavy atom. The van der Waals surface area contributed by atoms with Crippen LogP contribution in [0.5, 0.6) is 0 Å². The number of rotatable bonds is 3. The number of benzene rings is 1. The average molecular weight is 366 g/mol. The Bertz CT molecular complexity index is 847. The number of hydrogen-bond acceptors (Lipinski definition) is 4. The molecule has 7 heteroatoms. The van der Waals surface area contributed by atoms with E-state index < -0.39 is 9.84 Å². The number of halogens is 1. The third-order valence-corrected chi connectivity index (χ3v) is 7.83. The highest BCUT2D eigenvalue weighted by atomic mass is 35.5. The molecule has 4 unspecified atom stereocenters. The summed E-state index contributed by atoms with van der Waals surface area (Å²) in [6.07, 6.45) is 3.99. The molecule has 24 heavy (non-hydrogen) atoms. The van der Waals surface area contributed by atoms with Gasteiger partial charge in [0.1, 0.15) is 0 Å². The van der Waals surface area contributed by atoms with E-state index in [-0.39, 0.29) is 23.3 Å². The Morgan fingerprint density at radius 2 is 2.00 bits per heavy atom. The van der Waals surface area contributed by atoms with Crippen molar-refractivity contribution in [1.29, 1.82) is 0 Å². The molecule has 2 aliphatic rings. The van der Waals surface area contributed by atoms with E-state index >= 15 is 0 Å². The molecule has 4 rings (SSSR count).